The van der Waals surface area contributed by atoms with Crippen molar-refractivity contribution in [2.24, 2.45) is 5.92 Å². The molecule has 0 heterocycles. The molecule has 0 saturated heterocycles. The first-order valence-corrected chi connectivity index (χ1v) is 9.08. The van der Waals surface area contributed by atoms with E-state index in [1.165, 1.54) is 24.3 Å². The van der Waals surface area contributed by atoms with E-state index in [-0.39, 0.29) is 29.2 Å². The van der Waals surface area contributed by atoms with Crippen molar-refractivity contribution in [1.82, 2.24) is 0 Å². The third-order valence-corrected chi connectivity index (χ3v) is 7.14. The van der Waals surface area contributed by atoms with E-state index in [0.717, 1.165) is 18.2 Å². The fourth-order valence-corrected chi connectivity index (χ4v) is 5.86. The predicted octanol–water partition coefficient (Wildman–Crippen LogP) is 4.72. The Morgan fingerprint density at radius 2 is 1.70 bits per heavy atom. The third kappa shape index (κ3) is 2.56. The van der Waals surface area contributed by atoms with Gasteiger partial charge in [-0.05, 0) is 61.2 Å². The number of sulfone groups is 1. The van der Waals surface area contributed by atoms with Crippen molar-refractivity contribution >= 4 is 21.4 Å². The minimum absolute atomic E-state index is 0.0671. The molecule has 1 aliphatic rings. The fraction of sp³-hybridized carbons (Fsp3) is 0.294. The van der Waals surface area contributed by atoms with Gasteiger partial charge in [0.1, 0.15) is 16.4 Å². The van der Waals surface area contributed by atoms with Crippen LogP contribution < -0.4 is 0 Å². The van der Waals surface area contributed by atoms with Crippen LogP contribution in [0.25, 0.3) is 0 Å². The number of hydrogen-bond donors (Lipinski definition) is 0. The molecule has 3 rings (SSSR count). The molecule has 2 nitrogen and oxygen atoms in total. The molecule has 6 heteroatoms. The molecule has 0 aromatic heterocycles. The van der Waals surface area contributed by atoms with Gasteiger partial charge in [-0.3, -0.25) is 0 Å². The van der Waals surface area contributed by atoms with Gasteiger partial charge >= 0.3 is 0 Å². The molecule has 0 spiro atoms. The largest absolute Gasteiger partial charge is 0.223 e. The van der Waals surface area contributed by atoms with Gasteiger partial charge in [-0.15, -0.1) is 0 Å². The molecule has 2 aromatic carbocycles. The molecule has 2 aromatic rings. The molecular weight excluding hydrogens is 342 g/mol. The lowest BCUT2D eigenvalue weighted by Crippen LogP contribution is -2.47. The van der Waals surface area contributed by atoms with Crippen molar-refractivity contribution in [1.29, 1.82) is 0 Å². The topological polar surface area (TPSA) is 34.1 Å². The fourth-order valence-electron chi connectivity index (χ4n) is 3.34. The minimum atomic E-state index is -3.87. The molecule has 1 saturated carbocycles. The zero-order valence-corrected chi connectivity index (χ0v) is 14.0. The SMILES string of the molecule is CC1CC(c2cc(F)ccc2F)(S(=O)(=O)c2ccc(Cl)cc2)C1. The summed E-state index contributed by atoms with van der Waals surface area (Å²) < 4.78 is 52.7. The van der Waals surface area contributed by atoms with Crippen LogP contribution in [0.2, 0.25) is 5.02 Å². The molecule has 0 aliphatic heterocycles. The van der Waals surface area contributed by atoms with E-state index in [1.807, 2.05) is 6.92 Å². The molecule has 0 radical (unpaired) electrons. The zero-order chi connectivity index (χ0) is 16.8. The van der Waals surface area contributed by atoms with Crippen LogP contribution in [-0.2, 0) is 14.6 Å². The summed E-state index contributed by atoms with van der Waals surface area (Å²) in [5.41, 5.74) is -0.0921. The van der Waals surface area contributed by atoms with Crippen molar-refractivity contribution in [3.05, 3.63) is 64.7 Å². The second-order valence-electron chi connectivity index (χ2n) is 6.09. The van der Waals surface area contributed by atoms with Crippen LogP contribution in [0.4, 0.5) is 8.78 Å². The first-order chi connectivity index (χ1) is 10.8. The van der Waals surface area contributed by atoms with Gasteiger partial charge in [-0.25, -0.2) is 17.2 Å². The number of halogens is 3. The molecule has 23 heavy (non-hydrogen) atoms. The first kappa shape index (κ1) is 16.4. The maximum absolute atomic E-state index is 14.3. The Morgan fingerprint density at radius 1 is 1.09 bits per heavy atom. The summed E-state index contributed by atoms with van der Waals surface area (Å²) in [6.07, 6.45) is 0.524. The van der Waals surface area contributed by atoms with Crippen LogP contribution in [0.5, 0.6) is 0 Å². The quantitative estimate of drug-likeness (QED) is 0.797. The number of benzene rings is 2. The summed E-state index contributed by atoms with van der Waals surface area (Å²) in [7, 11) is -3.87. The Balaban J connectivity index is 2.18. The average Bonchev–Trinajstić information content (AvgIpc) is 2.46. The highest BCUT2D eigenvalue weighted by molar-refractivity contribution is 7.92. The van der Waals surface area contributed by atoms with E-state index >= 15 is 0 Å². The Bertz CT molecular complexity index is 841. The van der Waals surface area contributed by atoms with Crippen LogP contribution in [0.15, 0.2) is 47.4 Å². The van der Waals surface area contributed by atoms with Crippen LogP contribution >= 0.6 is 11.6 Å². The van der Waals surface area contributed by atoms with E-state index in [1.54, 1.807) is 0 Å². The average molecular weight is 357 g/mol. The lowest BCUT2D eigenvalue weighted by atomic mass is 9.71. The molecular formula is C17H15ClF2O2S. The van der Waals surface area contributed by atoms with Crippen molar-refractivity contribution < 1.29 is 17.2 Å². The van der Waals surface area contributed by atoms with Gasteiger partial charge in [0, 0.05) is 10.6 Å². The molecule has 1 fully saturated rings. The van der Waals surface area contributed by atoms with Crippen molar-refractivity contribution in [2.75, 3.05) is 0 Å². The zero-order valence-electron chi connectivity index (χ0n) is 12.4. The smallest absolute Gasteiger partial charge is 0.188 e. The minimum Gasteiger partial charge on any atom is -0.223 e. The highest BCUT2D eigenvalue weighted by Crippen LogP contribution is 2.54. The molecule has 0 unspecified atom stereocenters. The van der Waals surface area contributed by atoms with E-state index in [9.17, 15) is 17.2 Å². The maximum Gasteiger partial charge on any atom is 0.188 e. The Kier molecular flexibility index (Phi) is 3.97. The monoisotopic (exact) mass is 356 g/mol. The van der Waals surface area contributed by atoms with Crippen molar-refractivity contribution in [3.8, 4) is 0 Å². The van der Waals surface area contributed by atoms with Gasteiger partial charge in [0.05, 0.1) is 4.90 Å². The molecule has 0 bridgehead atoms. The summed E-state index contributed by atoms with van der Waals surface area (Å²) in [5, 5.41) is 0.414. The van der Waals surface area contributed by atoms with Crippen LogP contribution in [0, 0.1) is 17.6 Å². The molecule has 0 amide bonds. The first-order valence-electron chi connectivity index (χ1n) is 7.22. The highest BCUT2D eigenvalue weighted by atomic mass is 35.5. The Morgan fingerprint density at radius 3 is 2.26 bits per heavy atom. The lowest BCUT2D eigenvalue weighted by molar-refractivity contribution is 0.231. The lowest BCUT2D eigenvalue weighted by Gasteiger charge is -2.46. The molecule has 122 valence electrons. The summed E-state index contributed by atoms with van der Waals surface area (Å²) in [5.74, 6) is -1.22. The van der Waals surface area contributed by atoms with Gasteiger partial charge in [-0.1, -0.05) is 18.5 Å². The van der Waals surface area contributed by atoms with Gasteiger partial charge in [0.15, 0.2) is 9.84 Å². The van der Waals surface area contributed by atoms with E-state index < -0.39 is 26.2 Å². The predicted molar refractivity (Wildman–Crippen MR) is 85.1 cm³/mol. The van der Waals surface area contributed by atoms with Gasteiger partial charge in [0.25, 0.3) is 0 Å². The second kappa shape index (κ2) is 5.56. The van der Waals surface area contributed by atoms with Gasteiger partial charge in [0.2, 0.25) is 0 Å². The Hall–Kier alpha value is -1.46. The summed E-state index contributed by atoms with van der Waals surface area (Å²) in [4.78, 5) is 0.0671. The van der Waals surface area contributed by atoms with Crippen molar-refractivity contribution in [3.63, 3.8) is 0 Å². The number of rotatable bonds is 3. The van der Waals surface area contributed by atoms with E-state index in [4.69, 9.17) is 11.6 Å². The summed E-state index contributed by atoms with van der Waals surface area (Å²) in [6, 6.07) is 8.72. The van der Waals surface area contributed by atoms with Crippen LogP contribution in [0.3, 0.4) is 0 Å². The van der Waals surface area contributed by atoms with Crippen molar-refractivity contribution in [2.45, 2.75) is 29.4 Å². The summed E-state index contributed by atoms with van der Waals surface area (Å²) >= 11 is 5.81. The van der Waals surface area contributed by atoms with Gasteiger partial charge in [-0.2, -0.15) is 0 Å². The third-order valence-electron chi connectivity index (χ3n) is 4.41. The maximum atomic E-state index is 14.3. The van der Waals surface area contributed by atoms with Gasteiger partial charge < -0.3 is 0 Å². The standard InChI is InChI=1S/C17H15ClF2O2S/c1-11-9-17(10-11,15-8-13(19)4-7-16(15)20)23(21,22)14-5-2-12(18)3-6-14/h2-8,11H,9-10H2,1H3. The summed E-state index contributed by atoms with van der Waals surface area (Å²) in [6.45, 7) is 1.90. The van der Waals surface area contributed by atoms with Crippen LogP contribution in [0.1, 0.15) is 25.3 Å². The Labute approximate surface area is 139 Å². The highest BCUT2D eigenvalue weighted by Gasteiger charge is 2.55. The second-order valence-corrected chi connectivity index (χ2v) is 8.79. The van der Waals surface area contributed by atoms with Crippen LogP contribution in [-0.4, -0.2) is 8.42 Å². The van der Waals surface area contributed by atoms with E-state index in [0.29, 0.717) is 5.02 Å². The molecule has 0 N–H and O–H groups in total. The number of hydrogen-bond acceptors (Lipinski definition) is 2. The normalized spacial score (nSPS) is 24.3. The molecule has 1 aliphatic carbocycles. The molecule has 0 atom stereocenters. The van der Waals surface area contributed by atoms with E-state index in [2.05, 4.69) is 0 Å².